The average Bonchev–Trinajstić information content (AvgIpc) is 2.81. The third-order valence-corrected chi connectivity index (χ3v) is 3.10. The molecule has 0 aromatic carbocycles. The van der Waals surface area contributed by atoms with Crippen molar-refractivity contribution in [3.8, 4) is 0 Å². The summed E-state index contributed by atoms with van der Waals surface area (Å²) in [5.41, 5.74) is 2.10. The van der Waals surface area contributed by atoms with Gasteiger partial charge in [-0.2, -0.15) is 0 Å². The van der Waals surface area contributed by atoms with Gasteiger partial charge in [0.25, 0.3) is 0 Å². The van der Waals surface area contributed by atoms with Crippen LogP contribution in [-0.2, 0) is 0 Å². The van der Waals surface area contributed by atoms with Crippen molar-refractivity contribution in [1.82, 2.24) is 4.98 Å². The van der Waals surface area contributed by atoms with Crippen molar-refractivity contribution in [2.45, 2.75) is 25.7 Å². The molecule has 1 saturated carbocycles. The molecule has 2 rings (SSSR count). The first-order valence-corrected chi connectivity index (χ1v) is 5.77. The molecule has 0 aliphatic heterocycles. The van der Waals surface area contributed by atoms with E-state index in [2.05, 4.69) is 15.7 Å². The maximum atomic E-state index is 13.4. The number of nitrogens with one attached hydrogen (secondary N) is 2. The summed E-state index contributed by atoms with van der Waals surface area (Å²) in [4.78, 5) is 3.75. The van der Waals surface area contributed by atoms with Crippen LogP contribution in [0.15, 0.2) is 6.07 Å². The number of anilines is 2. The summed E-state index contributed by atoms with van der Waals surface area (Å²) < 4.78 is 26.5. The van der Waals surface area contributed by atoms with Crippen molar-refractivity contribution in [3.05, 3.63) is 17.7 Å². The highest BCUT2D eigenvalue weighted by Gasteiger charge is 2.16. The first-order chi connectivity index (χ1) is 8.20. The number of aromatic nitrogens is 1. The molecule has 1 heterocycles. The summed E-state index contributed by atoms with van der Waals surface area (Å²) in [6.07, 6.45) is 4.75. The maximum Gasteiger partial charge on any atom is 0.178 e. The fourth-order valence-corrected chi connectivity index (χ4v) is 2.15. The van der Waals surface area contributed by atoms with Crippen LogP contribution in [0.2, 0.25) is 0 Å². The minimum Gasteiger partial charge on any atom is -0.367 e. The fourth-order valence-electron chi connectivity index (χ4n) is 2.15. The molecule has 4 N–H and O–H groups in total. The van der Waals surface area contributed by atoms with Crippen molar-refractivity contribution in [2.24, 2.45) is 11.8 Å². The molecular weight excluding hydrogens is 226 g/mol. The van der Waals surface area contributed by atoms with E-state index in [1.165, 1.54) is 12.8 Å². The number of hydrazine groups is 1. The Kier molecular flexibility index (Phi) is 3.73. The van der Waals surface area contributed by atoms with Crippen molar-refractivity contribution in [2.75, 3.05) is 17.3 Å². The largest absolute Gasteiger partial charge is 0.367 e. The van der Waals surface area contributed by atoms with Crippen LogP contribution in [0.5, 0.6) is 0 Å². The van der Waals surface area contributed by atoms with Gasteiger partial charge in [-0.05, 0) is 18.8 Å². The van der Waals surface area contributed by atoms with Crippen LogP contribution < -0.4 is 16.6 Å². The van der Waals surface area contributed by atoms with Gasteiger partial charge in [-0.15, -0.1) is 0 Å². The van der Waals surface area contributed by atoms with Gasteiger partial charge in [-0.1, -0.05) is 12.8 Å². The third-order valence-electron chi connectivity index (χ3n) is 3.10. The van der Waals surface area contributed by atoms with Crippen molar-refractivity contribution >= 4 is 11.6 Å². The standard InChI is InChI=1S/C11H16F2N4/c12-8-5-9(13)11(17-14)16-10(8)15-6-7-3-1-2-4-7/h5,7H,1-4,6,14H2,(H2,15,16,17). The summed E-state index contributed by atoms with van der Waals surface area (Å²) >= 11 is 0. The topological polar surface area (TPSA) is 63.0 Å². The number of hydrogen-bond acceptors (Lipinski definition) is 4. The predicted molar refractivity (Wildman–Crippen MR) is 62.4 cm³/mol. The highest BCUT2D eigenvalue weighted by Crippen LogP contribution is 2.25. The molecule has 0 amide bonds. The lowest BCUT2D eigenvalue weighted by atomic mass is 10.1. The Labute approximate surface area is 98.6 Å². The number of hydrogen-bond donors (Lipinski definition) is 3. The molecule has 0 radical (unpaired) electrons. The highest BCUT2D eigenvalue weighted by atomic mass is 19.1. The first-order valence-electron chi connectivity index (χ1n) is 5.77. The Morgan fingerprint density at radius 1 is 1.24 bits per heavy atom. The van der Waals surface area contributed by atoms with E-state index in [0.717, 1.165) is 18.9 Å². The molecule has 0 atom stereocenters. The van der Waals surface area contributed by atoms with E-state index in [4.69, 9.17) is 5.84 Å². The lowest BCUT2D eigenvalue weighted by molar-refractivity contribution is 0.561. The molecule has 0 unspecified atom stereocenters. The molecule has 4 nitrogen and oxygen atoms in total. The minimum absolute atomic E-state index is 0.0475. The predicted octanol–water partition coefficient (Wildman–Crippen LogP) is 2.25. The van der Waals surface area contributed by atoms with Crippen LogP contribution >= 0.6 is 0 Å². The molecule has 1 fully saturated rings. The lowest BCUT2D eigenvalue weighted by Gasteiger charge is -2.12. The van der Waals surface area contributed by atoms with Gasteiger partial charge in [0.1, 0.15) is 0 Å². The summed E-state index contributed by atoms with van der Waals surface area (Å²) in [6.45, 7) is 0.666. The molecule has 0 bridgehead atoms. The van der Waals surface area contributed by atoms with Crippen molar-refractivity contribution < 1.29 is 8.78 Å². The van der Waals surface area contributed by atoms with Gasteiger partial charge in [0.05, 0.1) is 0 Å². The number of nitrogen functional groups attached to an aromatic ring is 1. The lowest BCUT2D eigenvalue weighted by Crippen LogP contribution is -2.16. The highest BCUT2D eigenvalue weighted by molar-refractivity contribution is 5.46. The van der Waals surface area contributed by atoms with Crippen LogP contribution in [0.4, 0.5) is 20.4 Å². The Morgan fingerprint density at radius 2 is 1.88 bits per heavy atom. The molecular formula is C11H16F2N4. The second-order valence-electron chi connectivity index (χ2n) is 4.32. The van der Waals surface area contributed by atoms with Gasteiger partial charge in [0.15, 0.2) is 23.3 Å². The van der Waals surface area contributed by atoms with Gasteiger partial charge >= 0.3 is 0 Å². The molecule has 17 heavy (non-hydrogen) atoms. The van der Waals surface area contributed by atoms with E-state index in [1.54, 1.807) is 0 Å². The number of nitrogens with zero attached hydrogens (tertiary/aromatic N) is 1. The molecule has 1 aromatic rings. The smallest absolute Gasteiger partial charge is 0.178 e. The molecule has 94 valence electrons. The normalized spacial score (nSPS) is 16.2. The zero-order chi connectivity index (χ0) is 12.3. The van der Waals surface area contributed by atoms with E-state index >= 15 is 0 Å². The van der Waals surface area contributed by atoms with Crippen molar-refractivity contribution in [3.63, 3.8) is 0 Å². The van der Waals surface area contributed by atoms with Crippen LogP contribution in [-0.4, -0.2) is 11.5 Å². The summed E-state index contributed by atoms with van der Waals surface area (Å²) in [7, 11) is 0. The van der Waals surface area contributed by atoms with Gasteiger partial charge < -0.3 is 10.7 Å². The van der Waals surface area contributed by atoms with E-state index < -0.39 is 11.6 Å². The summed E-state index contributed by atoms with van der Waals surface area (Å²) in [6, 6.07) is 0.777. The second-order valence-corrected chi connectivity index (χ2v) is 4.32. The maximum absolute atomic E-state index is 13.4. The first kappa shape index (κ1) is 12.0. The van der Waals surface area contributed by atoms with E-state index in [1.807, 2.05) is 0 Å². The quantitative estimate of drug-likeness (QED) is 0.559. The summed E-state index contributed by atoms with van der Waals surface area (Å²) in [5.74, 6) is 4.04. The van der Waals surface area contributed by atoms with Crippen LogP contribution in [0.1, 0.15) is 25.7 Å². The van der Waals surface area contributed by atoms with Crippen LogP contribution in [0, 0.1) is 17.6 Å². The molecule has 1 aromatic heterocycles. The van der Waals surface area contributed by atoms with E-state index in [0.29, 0.717) is 12.5 Å². The molecule has 6 heteroatoms. The van der Waals surface area contributed by atoms with E-state index in [9.17, 15) is 8.78 Å². The number of pyridine rings is 1. The third kappa shape index (κ3) is 2.82. The zero-order valence-electron chi connectivity index (χ0n) is 9.47. The Balaban J connectivity index is 2.03. The van der Waals surface area contributed by atoms with Crippen molar-refractivity contribution in [1.29, 1.82) is 0 Å². The summed E-state index contributed by atoms with van der Waals surface area (Å²) in [5, 5.41) is 2.91. The minimum atomic E-state index is -0.795. The Hall–Kier alpha value is -1.43. The Morgan fingerprint density at radius 3 is 2.53 bits per heavy atom. The van der Waals surface area contributed by atoms with Crippen LogP contribution in [0.3, 0.4) is 0 Å². The number of rotatable bonds is 4. The SMILES string of the molecule is NNc1nc(NCC2CCCC2)c(F)cc1F. The van der Waals surface area contributed by atoms with Crippen LogP contribution in [0.25, 0.3) is 0 Å². The molecule has 1 aliphatic rings. The average molecular weight is 242 g/mol. The Bertz CT molecular complexity index is 391. The number of halogens is 2. The number of nitrogens with two attached hydrogens (primary N) is 1. The zero-order valence-corrected chi connectivity index (χ0v) is 9.47. The second kappa shape index (κ2) is 5.27. The molecule has 0 saturated heterocycles. The van der Waals surface area contributed by atoms with Gasteiger partial charge in [-0.25, -0.2) is 19.6 Å². The van der Waals surface area contributed by atoms with Gasteiger partial charge in [0, 0.05) is 12.6 Å². The van der Waals surface area contributed by atoms with Gasteiger partial charge in [-0.3, -0.25) is 0 Å². The molecule has 1 aliphatic carbocycles. The molecule has 0 spiro atoms. The monoisotopic (exact) mass is 242 g/mol. The van der Waals surface area contributed by atoms with Gasteiger partial charge in [0.2, 0.25) is 0 Å². The van der Waals surface area contributed by atoms with E-state index in [-0.39, 0.29) is 11.6 Å². The fraction of sp³-hybridized carbons (Fsp3) is 0.545.